The lowest BCUT2D eigenvalue weighted by atomic mass is 10.0. The van der Waals surface area contributed by atoms with Crippen molar-refractivity contribution in [3.05, 3.63) is 23.5 Å². The molecule has 96 valence electrons. The molecule has 2 rings (SSSR count). The van der Waals surface area contributed by atoms with E-state index in [0.29, 0.717) is 6.42 Å². The number of rotatable bonds is 3. The molecule has 1 atom stereocenters. The Morgan fingerprint density at radius 1 is 1.44 bits per heavy atom. The van der Waals surface area contributed by atoms with Gasteiger partial charge in [0.05, 0.1) is 6.42 Å². The van der Waals surface area contributed by atoms with Gasteiger partial charge in [-0.2, -0.15) is 0 Å². The molecule has 0 amide bonds. The van der Waals surface area contributed by atoms with Crippen molar-refractivity contribution in [2.24, 2.45) is 0 Å². The van der Waals surface area contributed by atoms with E-state index in [0.717, 1.165) is 43.4 Å². The topological polar surface area (TPSA) is 26.3 Å². The van der Waals surface area contributed by atoms with E-state index in [1.807, 2.05) is 12.2 Å². The maximum absolute atomic E-state index is 11.9. The highest BCUT2D eigenvalue weighted by Crippen LogP contribution is 2.33. The van der Waals surface area contributed by atoms with Crippen LogP contribution in [0.4, 0.5) is 0 Å². The number of allylic oxidation sites excluding steroid dienone is 3. The second-order valence-corrected chi connectivity index (χ2v) is 4.82. The Balaban J connectivity index is 1.86. The van der Waals surface area contributed by atoms with Gasteiger partial charge >= 0.3 is 0 Å². The first-order valence-electron chi connectivity index (χ1n) is 6.88. The highest BCUT2D eigenvalue weighted by atomic mass is 16.5. The van der Waals surface area contributed by atoms with Gasteiger partial charge in [-0.1, -0.05) is 25.2 Å². The molecule has 2 heteroatoms. The van der Waals surface area contributed by atoms with Crippen LogP contribution < -0.4 is 0 Å². The molecule has 0 fully saturated rings. The van der Waals surface area contributed by atoms with Gasteiger partial charge in [-0.3, -0.25) is 4.79 Å². The molecule has 2 nitrogen and oxygen atoms in total. The fraction of sp³-hybridized carbons (Fsp3) is 0.562. The molecule has 0 saturated heterocycles. The summed E-state index contributed by atoms with van der Waals surface area (Å²) < 4.78 is 5.81. The zero-order valence-electron chi connectivity index (χ0n) is 11.0. The Morgan fingerprint density at radius 2 is 2.33 bits per heavy atom. The van der Waals surface area contributed by atoms with Crippen molar-refractivity contribution in [1.29, 1.82) is 0 Å². The van der Waals surface area contributed by atoms with Crippen molar-refractivity contribution in [1.82, 2.24) is 0 Å². The molecule has 1 heterocycles. The lowest BCUT2D eigenvalue weighted by molar-refractivity contribution is -0.118. The van der Waals surface area contributed by atoms with Gasteiger partial charge in [0.15, 0.2) is 5.78 Å². The summed E-state index contributed by atoms with van der Waals surface area (Å²) in [4.78, 5) is 11.9. The number of hydrogen-bond donors (Lipinski definition) is 0. The summed E-state index contributed by atoms with van der Waals surface area (Å²) in [5.74, 6) is 7.29. The minimum Gasteiger partial charge on any atom is -0.490 e. The van der Waals surface area contributed by atoms with Gasteiger partial charge in [-0.05, 0) is 31.4 Å². The van der Waals surface area contributed by atoms with Crippen LogP contribution in [0.1, 0.15) is 51.9 Å². The molecule has 0 spiro atoms. The zero-order chi connectivity index (χ0) is 12.8. The molecule has 0 aromatic rings. The van der Waals surface area contributed by atoms with E-state index < -0.39 is 0 Å². The maximum Gasteiger partial charge on any atom is 0.166 e. The summed E-state index contributed by atoms with van der Waals surface area (Å²) in [5.41, 5.74) is 0.939. The SMILES string of the molecule is CCCCC#C/C=C\C1CC(=O)C2=C(CCC2)O1. The summed E-state index contributed by atoms with van der Waals surface area (Å²) in [6.45, 7) is 2.16. The molecule has 0 radical (unpaired) electrons. The third kappa shape index (κ3) is 3.26. The highest BCUT2D eigenvalue weighted by molar-refractivity contribution is 5.97. The first kappa shape index (κ1) is 13.0. The number of carbonyl (C=O) groups excluding carboxylic acids is 1. The molecule has 0 aromatic carbocycles. The first-order valence-corrected chi connectivity index (χ1v) is 6.88. The molecule has 18 heavy (non-hydrogen) atoms. The summed E-state index contributed by atoms with van der Waals surface area (Å²) in [5, 5.41) is 0. The van der Waals surface area contributed by atoms with Crippen LogP contribution in [-0.2, 0) is 9.53 Å². The average molecular weight is 244 g/mol. The molecule has 1 aliphatic heterocycles. The Morgan fingerprint density at radius 3 is 3.17 bits per heavy atom. The largest absolute Gasteiger partial charge is 0.490 e. The fourth-order valence-corrected chi connectivity index (χ4v) is 2.33. The number of hydrogen-bond acceptors (Lipinski definition) is 2. The normalized spacial score (nSPS) is 22.7. The van der Waals surface area contributed by atoms with Crippen molar-refractivity contribution >= 4 is 5.78 Å². The quantitative estimate of drug-likeness (QED) is 0.560. The monoisotopic (exact) mass is 244 g/mol. The standard InChI is InChI=1S/C16H20O2/c1-2-3-4-5-6-7-9-13-12-15(17)14-10-8-11-16(14)18-13/h7,9,13H,2-4,8,10-12H2,1H3/b9-7-. The molecular weight excluding hydrogens is 224 g/mol. The fourth-order valence-electron chi connectivity index (χ4n) is 2.33. The number of carbonyl (C=O) groups is 1. The number of ketones is 1. The van der Waals surface area contributed by atoms with Gasteiger partial charge in [-0.15, -0.1) is 0 Å². The van der Waals surface area contributed by atoms with Crippen LogP contribution >= 0.6 is 0 Å². The Labute approximate surface area is 109 Å². The number of unbranched alkanes of at least 4 members (excludes halogenated alkanes) is 2. The molecule has 0 saturated carbocycles. The van der Waals surface area contributed by atoms with Crippen molar-refractivity contribution in [2.75, 3.05) is 0 Å². The Hall–Kier alpha value is -1.49. The molecule has 0 bridgehead atoms. The first-order chi connectivity index (χ1) is 8.81. The Kier molecular flexibility index (Phi) is 4.64. The third-order valence-electron chi connectivity index (χ3n) is 3.34. The predicted molar refractivity (Wildman–Crippen MR) is 71.8 cm³/mol. The van der Waals surface area contributed by atoms with E-state index in [2.05, 4.69) is 18.8 Å². The summed E-state index contributed by atoms with van der Waals surface area (Å²) in [7, 11) is 0. The highest BCUT2D eigenvalue weighted by Gasteiger charge is 2.30. The van der Waals surface area contributed by atoms with Crippen LogP contribution in [0.3, 0.4) is 0 Å². The predicted octanol–water partition coefficient (Wildman–Crippen LogP) is 3.53. The molecule has 0 N–H and O–H groups in total. The molecular formula is C16H20O2. The van der Waals surface area contributed by atoms with Crippen molar-refractivity contribution in [3.8, 4) is 11.8 Å². The number of ether oxygens (including phenoxy) is 1. The Bertz CT molecular complexity index is 432. The second-order valence-electron chi connectivity index (χ2n) is 4.82. The van der Waals surface area contributed by atoms with Crippen molar-refractivity contribution in [3.63, 3.8) is 0 Å². The second kappa shape index (κ2) is 6.44. The smallest absolute Gasteiger partial charge is 0.166 e. The minimum atomic E-state index is -0.102. The van der Waals surface area contributed by atoms with E-state index in [4.69, 9.17) is 4.74 Å². The summed E-state index contributed by atoms with van der Waals surface area (Å²) >= 11 is 0. The lowest BCUT2D eigenvalue weighted by Crippen LogP contribution is -2.22. The lowest BCUT2D eigenvalue weighted by Gasteiger charge is -2.22. The third-order valence-corrected chi connectivity index (χ3v) is 3.34. The summed E-state index contributed by atoms with van der Waals surface area (Å²) in [6.07, 6.45) is 10.3. The van der Waals surface area contributed by atoms with Crippen molar-refractivity contribution < 1.29 is 9.53 Å². The molecule has 1 aliphatic carbocycles. The minimum absolute atomic E-state index is 0.102. The van der Waals surface area contributed by atoms with E-state index >= 15 is 0 Å². The molecule has 2 aliphatic rings. The van der Waals surface area contributed by atoms with Crippen LogP contribution in [0.25, 0.3) is 0 Å². The van der Waals surface area contributed by atoms with Crippen LogP contribution in [-0.4, -0.2) is 11.9 Å². The van der Waals surface area contributed by atoms with Gasteiger partial charge < -0.3 is 4.74 Å². The van der Waals surface area contributed by atoms with E-state index in [1.54, 1.807) is 0 Å². The average Bonchev–Trinajstić information content (AvgIpc) is 2.82. The van der Waals surface area contributed by atoms with E-state index in [1.165, 1.54) is 6.42 Å². The van der Waals surface area contributed by atoms with Gasteiger partial charge in [-0.25, -0.2) is 0 Å². The van der Waals surface area contributed by atoms with Crippen molar-refractivity contribution in [2.45, 2.75) is 58.0 Å². The number of Topliss-reactive ketones (excluding diaryl/α,β-unsaturated/α-hetero) is 1. The molecule has 1 unspecified atom stereocenters. The summed E-state index contributed by atoms with van der Waals surface area (Å²) in [6, 6.07) is 0. The van der Waals surface area contributed by atoms with E-state index in [9.17, 15) is 4.79 Å². The van der Waals surface area contributed by atoms with Gasteiger partial charge in [0.1, 0.15) is 11.9 Å². The van der Waals surface area contributed by atoms with Crippen LogP contribution in [0.2, 0.25) is 0 Å². The zero-order valence-corrected chi connectivity index (χ0v) is 11.0. The van der Waals surface area contributed by atoms with Gasteiger partial charge in [0.25, 0.3) is 0 Å². The van der Waals surface area contributed by atoms with E-state index in [-0.39, 0.29) is 11.9 Å². The van der Waals surface area contributed by atoms with Crippen LogP contribution in [0, 0.1) is 11.8 Å². The van der Waals surface area contributed by atoms with Gasteiger partial charge in [0.2, 0.25) is 0 Å². The maximum atomic E-state index is 11.9. The van der Waals surface area contributed by atoms with Gasteiger partial charge in [0, 0.05) is 18.4 Å². The molecule has 0 aromatic heterocycles. The van der Waals surface area contributed by atoms with Crippen LogP contribution in [0.15, 0.2) is 23.5 Å². The van der Waals surface area contributed by atoms with Crippen LogP contribution in [0.5, 0.6) is 0 Å².